The van der Waals surface area contributed by atoms with Crippen LogP contribution in [0.5, 0.6) is 5.75 Å². The molecule has 45 heavy (non-hydrogen) atoms. The van der Waals surface area contributed by atoms with Crippen LogP contribution < -0.4 is 9.64 Å². The smallest absolute Gasteiger partial charge is 0.308 e. The topological polar surface area (TPSA) is 63.6 Å². The summed E-state index contributed by atoms with van der Waals surface area (Å²) in [6.45, 7) is 7.79. The molecule has 1 fully saturated rings. The van der Waals surface area contributed by atoms with Crippen molar-refractivity contribution >= 4 is 46.4 Å². The van der Waals surface area contributed by atoms with Crippen molar-refractivity contribution in [1.29, 1.82) is 0 Å². The number of nitrogens with zero attached hydrogens (tertiary/aromatic N) is 3. The maximum Gasteiger partial charge on any atom is 0.308 e. The van der Waals surface area contributed by atoms with Crippen molar-refractivity contribution in [3.63, 3.8) is 0 Å². The van der Waals surface area contributed by atoms with E-state index in [-0.39, 0.29) is 12.8 Å². The molecule has 0 unspecified atom stereocenters. The van der Waals surface area contributed by atoms with Crippen LogP contribution in [-0.2, 0) is 20.7 Å². The molecule has 2 aliphatic heterocycles. The van der Waals surface area contributed by atoms with E-state index in [0.29, 0.717) is 35.4 Å². The van der Waals surface area contributed by atoms with Gasteiger partial charge in [0.15, 0.2) is 5.90 Å². The van der Waals surface area contributed by atoms with Gasteiger partial charge in [-0.15, -0.1) is 0 Å². The second-order valence-corrected chi connectivity index (χ2v) is 12.9. The Morgan fingerprint density at radius 2 is 1.60 bits per heavy atom. The molecule has 0 saturated carbocycles. The summed E-state index contributed by atoms with van der Waals surface area (Å²) in [4.78, 5) is 21.6. The zero-order valence-corrected chi connectivity index (χ0v) is 28.6. The number of rotatable bonds is 19. The lowest BCUT2D eigenvalue weighted by Gasteiger charge is -2.36. The number of halogens is 2. The number of ether oxygens (including phenoxy) is 3. The molecule has 2 aliphatic rings. The quantitative estimate of drug-likeness (QED) is 0.0850. The third-order valence-corrected chi connectivity index (χ3v) is 9.43. The molecule has 0 N–H and O–H groups in total. The molecule has 0 aromatic heterocycles. The number of carbonyl (C=O) groups is 1. The van der Waals surface area contributed by atoms with Gasteiger partial charge in [0.2, 0.25) is 6.79 Å². The highest BCUT2D eigenvalue weighted by molar-refractivity contribution is 6.43. The summed E-state index contributed by atoms with van der Waals surface area (Å²) in [5, 5.41) is 1.25. The van der Waals surface area contributed by atoms with E-state index in [9.17, 15) is 4.79 Å². The highest BCUT2D eigenvalue weighted by Crippen LogP contribution is 2.33. The molecule has 248 valence electrons. The number of hydrogen-bond donors (Lipinski definition) is 0. The molecule has 0 bridgehead atoms. The molecule has 0 amide bonds. The Labute approximate surface area is 280 Å². The number of piperazine rings is 1. The van der Waals surface area contributed by atoms with Gasteiger partial charge in [0, 0.05) is 45.1 Å². The van der Waals surface area contributed by atoms with E-state index in [2.05, 4.69) is 27.8 Å². The van der Waals surface area contributed by atoms with Crippen molar-refractivity contribution in [2.75, 3.05) is 51.0 Å². The molecule has 0 radical (unpaired) electrons. The van der Waals surface area contributed by atoms with Crippen molar-refractivity contribution < 1.29 is 19.0 Å². The van der Waals surface area contributed by atoms with Crippen molar-refractivity contribution in [2.24, 2.45) is 4.99 Å². The van der Waals surface area contributed by atoms with Gasteiger partial charge in [-0.2, -0.15) is 0 Å². The first-order chi connectivity index (χ1) is 22.0. The molecule has 2 aromatic carbocycles. The Bertz CT molecular complexity index is 1220. The van der Waals surface area contributed by atoms with Crippen LogP contribution in [0.25, 0.3) is 0 Å². The molecule has 0 aliphatic carbocycles. The lowest BCUT2D eigenvalue weighted by molar-refractivity contribution is -0.151. The van der Waals surface area contributed by atoms with Gasteiger partial charge in [0.25, 0.3) is 0 Å². The monoisotopic (exact) mass is 659 g/mol. The Morgan fingerprint density at radius 1 is 0.844 bits per heavy atom. The molecule has 7 nitrogen and oxygen atoms in total. The first-order valence-corrected chi connectivity index (χ1v) is 17.8. The van der Waals surface area contributed by atoms with Gasteiger partial charge in [-0.05, 0) is 56.0 Å². The van der Waals surface area contributed by atoms with Gasteiger partial charge in [-0.25, -0.2) is 4.99 Å². The highest BCUT2D eigenvalue weighted by atomic mass is 35.5. The van der Waals surface area contributed by atoms with Gasteiger partial charge < -0.3 is 19.1 Å². The SMILES string of the molecule is CCCCCCCCCCCC(=O)OCOC1=Nc2cc(OCCCCN3CCN(c4cccc(Cl)c4Cl)CC3)ccc2CC1. The summed E-state index contributed by atoms with van der Waals surface area (Å²) >= 11 is 12.6. The highest BCUT2D eigenvalue weighted by Gasteiger charge is 2.20. The second-order valence-electron chi connectivity index (χ2n) is 12.1. The Kier molecular flexibility index (Phi) is 15.6. The summed E-state index contributed by atoms with van der Waals surface area (Å²) < 4.78 is 17.1. The first kappa shape index (κ1) is 35.4. The van der Waals surface area contributed by atoms with E-state index in [4.69, 9.17) is 37.4 Å². The standard InChI is InChI=1S/C36H51Cl2N3O4/c1-2-3-4-5-6-7-8-9-10-16-35(42)45-28-44-34-20-18-29-17-19-30(27-32(29)39-34)43-26-12-11-21-40-22-24-41(25-23-40)33-15-13-14-31(37)36(33)38/h13-15,17,19,27H,2-12,16,18,20-26,28H2,1H3. The van der Waals surface area contributed by atoms with Gasteiger partial charge >= 0.3 is 5.97 Å². The van der Waals surface area contributed by atoms with Crippen LogP contribution in [0.4, 0.5) is 11.4 Å². The number of hydrogen-bond acceptors (Lipinski definition) is 7. The third kappa shape index (κ3) is 12.3. The zero-order chi connectivity index (χ0) is 31.7. The number of aliphatic imine (C=N–C) groups is 1. The largest absolute Gasteiger partial charge is 0.494 e. The van der Waals surface area contributed by atoms with Crippen molar-refractivity contribution in [3.8, 4) is 5.75 Å². The van der Waals surface area contributed by atoms with Gasteiger partial charge in [-0.3, -0.25) is 9.69 Å². The minimum Gasteiger partial charge on any atom is -0.494 e. The van der Waals surface area contributed by atoms with Gasteiger partial charge in [0.05, 0.1) is 28.0 Å². The third-order valence-electron chi connectivity index (χ3n) is 8.62. The van der Waals surface area contributed by atoms with Crippen molar-refractivity contribution in [2.45, 2.75) is 96.8 Å². The number of fused-ring (bicyclic) bond motifs is 1. The number of aryl methyl sites for hydroxylation is 1. The predicted octanol–water partition coefficient (Wildman–Crippen LogP) is 9.39. The minimum absolute atomic E-state index is 0.0793. The molecule has 1 saturated heterocycles. The number of benzene rings is 2. The molecule has 0 spiro atoms. The fraction of sp³-hybridized carbons (Fsp3) is 0.611. The maximum absolute atomic E-state index is 12.1. The second kappa shape index (κ2) is 19.9. The lowest BCUT2D eigenvalue weighted by Crippen LogP contribution is -2.46. The van der Waals surface area contributed by atoms with Crippen LogP contribution in [0.2, 0.25) is 10.0 Å². The predicted molar refractivity (Wildman–Crippen MR) is 186 cm³/mol. The maximum atomic E-state index is 12.1. The Balaban J connectivity index is 1.06. The number of carbonyl (C=O) groups excluding carboxylic acids is 1. The molecule has 2 heterocycles. The first-order valence-electron chi connectivity index (χ1n) is 17.1. The van der Waals surface area contributed by atoms with Gasteiger partial charge in [0.1, 0.15) is 5.75 Å². The minimum atomic E-state index is -0.199. The lowest BCUT2D eigenvalue weighted by atomic mass is 10.0. The van der Waals surface area contributed by atoms with Crippen LogP contribution >= 0.6 is 23.2 Å². The zero-order valence-electron chi connectivity index (χ0n) is 27.0. The summed E-state index contributed by atoms with van der Waals surface area (Å²) in [6, 6.07) is 11.9. The van der Waals surface area contributed by atoms with E-state index >= 15 is 0 Å². The molecule has 0 atom stereocenters. The number of esters is 1. The average molecular weight is 661 g/mol. The fourth-order valence-corrected chi connectivity index (χ4v) is 6.29. The molecule has 9 heteroatoms. The Morgan fingerprint density at radius 3 is 2.38 bits per heavy atom. The summed E-state index contributed by atoms with van der Waals surface area (Å²) in [7, 11) is 0. The van der Waals surface area contributed by atoms with E-state index in [1.54, 1.807) is 0 Å². The summed E-state index contributed by atoms with van der Waals surface area (Å²) in [6.07, 6.45) is 15.1. The number of unbranched alkanes of at least 4 members (excludes halogenated alkanes) is 9. The van der Waals surface area contributed by atoms with E-state index < -0.39 is 0 Å². The molecular weight excluding hydrogens is 609 g/mol. The van der Waals surface area contributed by atoms with E-state index in [1.165, 1.54) is 50.5 Å². The summed E-state index contributed by atoms with van der Waals surface area (Å²) in [5.74, 6) is 1.22. The Hall–Kier alpha value is -2.48. The molecular formula is C36H51Cl2N3O4. The molecule has 4 rings (SSSR count). The van der Waals surface area contributed by atoms with Crippen LogP contribution in [0.3, 0.4) is 0 Å². The average Bonchev–Trinajstić information content (AvgIpc) is 3.05. The van der Waals surface area contributed by atoms with Crippen molar-refractivity contribution in [1.82, 2.24) is 4.90 Å². The van der Waals surface area contributed by atoms with Crippen molar-refractivity contribution in [3.05, 3.63) is 52.0 Å². The van der Waals surface area contributed by atoms with Crippen LogP contribution in [0, 0.1) is 0 Å². The van der Waals surface area contributed by atoms with Crippen LogP contribution in [-0.4, -0.2) is 62.9 Å². The van der Waals surface area contributed by atoms with Gasteiger partial charge in [-0.1, -0.05) is 93.6 Å². The molecule has 2 aromatic rings. The fourth-order valence-electron chi connectivity index (χ4n) is 5.88. The van der Waals surface area contributed by atoms with E-state index in [0.717, 1.165) is 82.0 Å². The van der Waals surface area contributed by atoms with Crippen LogP contribution in [0.15, 0.2) is 41.4 Å². The summed E-state index contributed by atoms with van der Waals surface area (Å²) in [5.41, 5.74) is 3.07. The normalized spacial score (nSPS) is 15.0. The van der Waals surface area contributed by atoms with Crippen LogP contribution in [0.1, 0.15) is 96.0 Å². The van der Waals surface area contributed by atoms with E-state index in [1.807, 2.05) is 30.3 Å². The number of anilines is 1.